The van der Waals surface area contributed by atoms with E-state index in [1.807, 2.05) is 152 Å². The number of fused-ring (bicyclic) bond motifs is 29. The first-order chi connectivity index (χ1) is 57.7. The average Bonchev–Trinajstić information content (AvgIpc) is 1.68. The molecule has 9 nitrogen and oxygen atoms in total. The van der Waals surface area contributed by atoms with Crippen molar-refractivity contribution in [3.8, 4) is 0 Å². The Kier molecular flexibility index (Phi) is 16.9. The Morgan fingerprint density at radius 2 is 0.598 bits per heavy atom. The second kappa shape index (κ2) is 28.2. The number of imidazole rings is 3. The Balaban J connectivity index is 0.000000106. The Labute approximate surface area is 680 Å². The zero-order valence-corrected chi connectivity index (χ0v) is 67.4. The van der Waals surface area contributed by atoms with Gasteiger partial charge in [-0.3, -0.25) is 8.80 Å². The Bertz CT molecular complexity index is 8180. The first-order valence-electron chi connectivity index (χ1n) is 39.2. The Hall–Kier alpha value is -13.5. The van der Waals surface area contributed by atoms with Crippen LogP contribution >= 0.6 is 19.8 Å². The van der Waals surface area contributed by atoms with Gasteiger partial charge in [-0.1, -0.05) is 231 Å². The van der Waals surface area contributed by atoms with Gasteiger partial charge in [0.25, 0.3) is 0 Å². The number of aromatic nitrogens is 7. The summed E-state index contributed by atoms with van der Waals surface area (Å²) in [5, 5.41) is 22.7. The molecule has 0 amide bonds. The summed E-state index contributed by atoms with van der Waals surface area (Å²) < 4.78 is 38.3. The van der Waals surface area contributed by atoms with Crippen LogP contribution in [0.4, 0.5) is 0 Å². The molecule has 0 bridgehead atoms. The van der Waals surface area contributed by atoms with Gasteiger partial charge in [0.2, 0.25) is 0 Å². The molecule has 0 unspecified atom stereocenters. The average molecular weight is 1620 g/mol. The second-order valence-electron chi connectivity index (χ2n) is 29.6. The van der Waals surface area contributed by atoms with E-state index in [-0.39, 0.29) is 0 Å². The summed E-state index contributed by atoms with van der Waals surface area (Å²) in [6.45, 7) is 0. The first-order valence-corrected chi connectivity index (χ1v) is 46.6. The van der Waals surface area contributed by atoms with Crippen molar-refractivity contribution < 1.29 is 9.13 Å². The number of benzene rings is 17. The van der Waals surface area contributed by atoms with Crippen molar-refractivity contribution in [2.24, 2.45) is 0 Å². The molecule has 0 N–H and O–H groups in total. The third-order valence-electron chi connectivity index (χ3n) is 23.2. The summed E-state index contributed by atoms with van der Waals surface area (Å²) in [6.07, 6.45) is 0. The number of nitrogens with zero attached hydrogens (tertiary/aromatic N) is 7. The molecule has 0 radical (unpaired) electrons. The fourth-order valence-electron chi connectivity index (χ4n) is 18.0. The summed E-state index contributed by atoms with van der Waals surface area (Å²) in [5.41, 5.74) is 12.1. The molecule has 552 valence electrons. The van der Waals surface area contributed by atoms with E-state index in [0.717, 1.165) is 179 Å². The van der Waals surface area contributed by atoms with Crippen LogP contribution in [0.15, 0.2) is 413 Å². The number of para-hydroxylation sites is 9. The van der Waals surface area contributed by atoms with Crippen LogP contribution in [0.5, 0.6) is 0 Å². The van der Waals surface area contributed by atoms with Crippen molar-refractivity contribution in [3.63, 3.8) is 0 Å². The predicted molar refractivity (Wildman–Crippen MR) is 497 cm³/mol. The molecule has 24 aromatic rings. The molecule has 0 aliphatic heterocycles. The first kappa shape index (κ1) is 70.1. The maximum absolute atomic E-state index is 15.8. The summed E-state index contributed by atoms with van der Waals surface area (Å²) in [7, 11) is -6.50. The summed E-state index contributed by atoms with van der Waals surface area (Å²) in [5.74, 6) is 0. The van der Waals surface area contributed by atoms with E-state index < -0.39 is 19.8 Å². The van der Waals surface area contributed by atoms with Gasteiger partial charge < -0.3 is 9.13 Å². The fraction of sp³-hybridized carbons (Fsp3) is 0. The molecule has 0 spiro atoms. The van der Waals surface area contributed by atoms with Gasteiger partial charge in [-0.25, -0.2) is 9.97 Å². The van der Waals surface area contributed by atoms with Crippen LogP contribution < -0.4 is 47.7 Å². The predicted octanol–water partition coefficient (Wildman–Crippen LogP) is 21.9. The van der Waals surface area contributed by atoms with Crippen molar-refractivity contribution in [2.75, 3.05) is 0 Å². The molecule has 0 atom stereocenters. The molecule has 0 saturated carbocycles. The molecule has 17 aromatic carbocycles. The fourth-order valence-corrected chi connectivity index (χ4v) is 29.1. The third kappa shape index (κ3) is 11.0. The normalized spacial score (nSPS) is 12.2. The molecule has 13 heteroatoms. The van der Waals surface area contributed by atoms with E-state index in [9.17, 15) is 0 Å². The van der Waals surface area contributed by atoms with Crippen molar-refractivity contribution in [3.05, 3.63) is 413 Å². The topological polar surface area (TPSA) is 98.9 Å². The molecule has 0 aliphatic carbocycles. The minimum absolute atomic E-state index is 0.824. The van der Waals surface area contributed by atoms with Crippen LogP contribution in [0, 0.1) is 0 Å². The molecule has 0 fully saturated rings. The quantitative estimate of drug-likeness (QED) is 0.0618. The standard InChI is InChI=1S/2C35H23N2OP.C34H22N3PSe/c38-39(25-14-3-1-4-15-25,26-16-5-2-6-17-26)32-23-24-13-7-8-18-27(24)34-33(32)28-19-9-11-21-30(28)37-31-22-12-10-20-29(31)36-35(34)37;38-39(24-13-3-1-4-14-24,25-15-5-2-6-16-25)33-23-29-26-17-9-11-21-31(26)37-32-22-12-10-20-30(32)36-35(37)34(29)28-19-8-7-18-27(28)33;39-38(24-13-3-1-4-14-24,25-15-5-2-6-16-25)31-21-11-20-30-33(31)36-34-27-22-23-12-7-9-18-28(23)35-32(27)26-17-8-10-19-29(26)37(30)34/h2*1-23H;1-22H. The van der Waals surface area contributed by atoms with E-state index >= 15 is 9.13 Å². The van der Waals surface area contributed by atoms with Crippen LogP contribution in [0.1, 0.15) is 0 Å². The van der Waals surface area contributed by atoms with E-state index in [4.69, 9.17) is 19.9 Å². The van der Waals surface area contributed by atoms with E-state index in [1.54, 1.807) is 0 Å². The van der Waals surface area contributed by atoms with Crippen molar-refractivity contribution in [1.82, 2.24) is 33.1 Å². The summed E-state index contributed by atoms with van der Waals surface area (Å²) >= 11 is 3.72. The van der Waals surface area contributed by atoms with E-state index in [0.29, 0.717) is 0 Å². The van der Waals surface area contributed by atoms with Gasteiger partial charge >= 0.3 is 234 Å². The van der Waals surface area contributed by atoms with Crippen LogP contribution in [0.3, 0.4) is 0 Å². The monoisotopic (exact) mass is 1620 g/mol. The van der Waals surface area contributed by atoms with Gasteiger partial charge in [-0.05, 0) is 75.5 Å². The van der Waals surface area contributed by atoms with Gasteiger partial charge in [0.05, 0.1) is 33.1 Å². The van der Waals surface area contributed by atoms with Gasteiger partial charge in [0, 0.05) is 58.8 Å². The van der Waals surface area contributed by atoms with E-state index in [2.05, 4.69) is 289 Å². The molecule has 0 aliphatic rings. The Morgan fingerprint density at radius 1 is 0.214 bits per heavy atom. The zero-order chi connectivity index (χ0) is 77.9. The maximum atomic E-state index is 15.8. The van der Waals surface area contributed by atoms with Crippen molar-refractivity contribution in [1.29, 1.82) is 0 Å². The molecule has 0 saturated heterocycles. The molecule has 7 heterocycles. The molecule has 24 rings (SSSR count). The summed E-state index contributed by atoms with van der Waals surface area (Å²) in [4.78, 5) is 20.9. The van der Waals surface area contributed by atoms with Crippen molar-refractivity contribution in [2.45, 2.75) is 0 Å². The number of rotatable bonds is 9. The van der Waals surface area contributed by atoms with Crippen LogP contribution in [-0.2, 0) is 9.13 Å². The molecular weight excluding hydrogens is 1550 g/mol. The molecule has 117 heavy (non-hydrogen) atoms. The second-order valence-corrected chi connectivity index (χ2v) is 41.3. The molecular formula is C104H68N7O2P3Se. The number of pyridine rings is 4. The number of hydrogen-bond acceptors (Lipinski definition) is 6. The van der Waals surface area contributed by atoms with Gasteiger partial charge in [0.1, 0.15) is 11.3 Å². The van der Waals surface area contributed by atoms with Gasteiger partial charge in [-0.2, -0.15) is 0 Å². The summed E-state index contributed by atoms with van der Waals surface area (Å²) in [6, 6.07) is 142. The minimum atomic E-state index is -3.28. The Morgan fingerprint density at radius 3 is 1.15 bits per heavy atom. The van der Waals surface area contributed by atoms with Crippen LogP contribution in [-0.4, -0.2) is 48.2 Å². The van der Waals surface area contributed by atoms with Gasteiger partial charge in [0.15, 0.2) is 14.3 Å². The third-order valence-corrected chi connectivity index (χ3v) is 36.4. The molecule has 7 aromatic heterocycles. The van der Waals surface area contributed by atoms with Crippen LogP contribution in [0.2, 0.25) is 0 Å². The van der Waals surface area contributed by atoms with E-state index in [1.165, 1.54) is 15.9 Å². The zero-order valence-electron chi connectivity index (χ0n) is 63.0. The SMILES string of the molecule is O=P(c1ccccc1)(c1ccccc1)c1cc2c3ccccc3n3c4ccccc4nc3c2c2ccccc12.O=P(c1ccccc1)(c1ccccc1)c1cc2ccccc2c2c1c1ccccc1n1c3ccccc3nc21.[Se]=P(c1ccccc1)(c1ccccc1)c1cccc2c1nc1c3cc4ccccc4nc3c3ccccc3n21. The number of hydrogen-bond donors (Lipinski definition) is 0. The van der Waals surface area contributed by atoms with Crippen molar-refractivity contribution >= 4 is 230 Å². The van der Waals surface area contributed by atoms with Gasteiger partial charge in [-0.15, -0.1) is 0 Å². The van der Waals surface area contributed by atoms with Crippen LogP contribution in [0.25, 0.3) is 148 Å².